The van der Waals surface area contributed by atoms with Crippen molar-refractivity contribution in [2.75, 3.05) is 108 Å². The first-order chi connectivity index (χ1) is 32.3. The molecule has 0 spiro atoms. The summed E-state index contributed by atoms with van der Waals surface area (Å²) in [5, 5.41) is 1.37. The van der Waals surface area contributed by atoms with E-state index in [2.05, 4.69) is 164 Å². The molecule has 6 rings (SSSR count). The fourth-order valence-electron chi connectivity index (χ4n) is 6.36. The number of hydrogen-bond acceptors (Lipinski definition) is 12. The number of pyridine rings is 2. The van der Waals surface area contributed by atoms with Gasteiger partial charge in [-0.25, -0.2) is 0 Å². The number of aromatic nitrogens is 4. The van der Waals surface area contributed by atoms with Gasteiger partial charge in [0.15, 0.2) is 0 Å². The van der Waals surface area contributed by atoms with E-state index in [1.807, 2.05) is 63.2 Å². The zero-order valence-electron chi connectivity index (χ0n) is 45.8. The van der Waals surface area contributed by atoms with Crippen LogP contribution in [0.4, 0.5) is 11.4 Å². The predicted molar refractivity (Wildman–Crippen MR) is 334 cm³/mol. The van der Waals surface area contributed by atoms with Crippen LogP contribution in [0.3, 0.4) is 0 Å². The van der Waals surface area contributed by atoms with Crippen LogP contribution in [0.15, 0.2) is 85.3 Å². The second-order valence-electron chi connectivity index (χ2n) is 18.5. The van der Waals surface area contributed by atoms with E-state index < -0.39 is 0 Å². The van der Waals surface area contributed by atoms with Crippen LogP contribution in [0.5, 0.6) is 0 Å². The number of rotatable bonds is 18. The van der Waals surface area contributed by atoms with Crippen LogP contribution in [0.1, 0.15) is 103 Å². The number of aromatic amines is 2. The summed E-state index contributed by atoms with van der Waals surface area (Å²) in [7, 11) is 20.3. The van der Waals surface area contributed by atoms with Crippen molar-refractivity contribution >= 4 is 58.1 Å². The van der Waals surface area contributed by atoms with Crippen molar-refractivity contribution in [3.8, 4) is 0 Å². The summed E-state index contributed by atoms with van der Waals surface area (Å²) in [4.78, 5) is 23.9. The number of aryl methyl sites for hydroxylation is 4. The van der Waals surface area contributed by atoms with Crippen molar-refractivity contribution < 1.29 is 9.47 Å². The van der Waals surface area contributed by atoms with Crippen LogP contribution < -0.4 is 22.5 Å². The fraction of sp³-hybridized carbons (Fsp3) is 0.552. The molecule has 0 saturated carbocycles. The molecule has 2 unspecified atom stereocenters. The fourth-order valence-corrected chi connectivity index (χ4v) is 6.36. The molecule has 0 aliphatic carbocycles. The lowest BCUT2D eigenvalue weighted by Gasteiger charge is -2.12. The SMILES string of the molecule is C.C.C.C.COC(C)CCCN(C)C.COC(C)CCCN(C)C.Cc1ccc(NN)cc1.Cc1ccc(NN)cn1.Cc1ccc2[nH]cc(CCN(C)C)c2c1.Cc1ccc2[nH]cc(CCN(C)C)c2n1.Cl.Cl. The summed E-state index contributed by atoms with van der Waals surface area (Å²) in [6.07, 6.45) is 13.6. The van der Waals surface area contributed by atoms with Gasteiger partial charge in [-0.1, -0.05) is 59.0 Å². The van der Waals surface area contributed by atoms with Crippen molar-refractivity contribution in [2.24, 2.45) is 11.7 Å². The molecule has 0 fully saturated rings. The van der Waals surface area contributed by atoms with E-state index in [0.29, 0.717) is 12.2 Å². The molecule has 4 aromatic heterocycles. The van der Waals surface area contributed by atoms with Crippen LogP contribution in [0.25, 0.3) is 21.9 Å². The minimum Gasteiger partial charge on any atom is -0.382 e. The van der Waals surface area contributed by atoms with Crippen molar-refractivity contribution in [1.29, 1.82) is 0 Å². The number of ether oxygens (including phenoxy) is 2. The first-order valence-corrected chi connectivity index (χ1v) is 23.9. The minimum atomic E-state index is 0. The van der Waals surface area contributed by atoms with E-state index in [0.717, 1.165) is 85.7 Å². The molecular weight excluding hydrogens is 968 g/mol. The Morgan fingerprint density at radius 2 is 0.959 bits per heavy atom. The Labute approximate surface area is 465 Å². The highest BCUT2D eigenvalue weighted by Crippen LogP contribution is 2.20. The molecule has 0 radical (unpaired) electrons. The Hall–Kier alpha value is -4.32. The summed E-state index contributed by atoms with van der Waals surface area (Å²) in [5.74, 6) is 10.3. The smallest absolute Gasteiger partial charge is 0.0914 e. The molecule has 0 amide bonds. The highest BCUT2D eigenvalue weighted by molar-refractivity contribution is 5.86. The largest absolute Gasteiger partial charge is 0.382 e. The topological polar surface area (TPSA) is 165 Å². The number of hydrogen-bond donors (Lipinski definition) is 6. The third-order valence-corrected chi connectivity index (χ3v) is 10.9. The second kappa shape index (κ2) is 47.2. The van der Waals surface area contributed by atoms with E-state index in [1.54, 1.807) is 20.4 Å². The van der Waals surface area contributed by atoms with Gasteiger partial charge >= 0.3 is 0 Å². The Morgan fingerprint density at radius 3 is 1.41 bits per heavy atom. The Bertz CT molecular complexity index is 2010. The number of anilines is 2. The Morgan fingerprint density at radius 1 is 0.541 bits per heavy atom. The average molecular weight is 1080 g/mol. The summed E-state index contributed by atoms with van der Waals surface area (Å²) >= 11 is 0. The number of likely N-dealkylation sites (N-methyl/N-ethyl adjacent to an activating group) is 2. The minimum absolute atomic E-state index is 0. The molecule has 74 heavy (non-hydrogen) atoms. The number of benzene rings is 2. The van der Waals surface area contributed by atoms with Crippen molar-refractivity contribution in [3.05, 3.63) is 119 Å². The Kier molecular flexibility index (Phi) is 51.6. The van der Waals surface area contributed by atoms with Gasteiger partial charge in [0.1, 0.15) is 0 Å². The van der Waals surface area contributed by atoms with E-state index in [4.69, 9.17) is 21.2 Å². The molecule has 14 nitrogen and oxygen atoms in total. The number of H-pyrrole nitrogens is 2. The predicted octanol–water partition coefficient (Wildman–Crippen LogP) is 12.6. The summed E-state index contributed by atoms with van der Waals surface area (Å²) in [5.41, 5.74) is 17.7. The molecule has 0 aliphatic rings. The molecule has 6 aromatic rings. The maximum absolute atomic E-state index is 5.15. The number of fused-ring (bicyclic) bond motifs is 2. The number of nitrogens with one attached hydrogen (secondary N) is 4. The quantitative estimate of drug-likeness (QED) is 0.0357. The number of methoxy groups -OCH3 is 2. The lowest BCUT2D eigenvalue weighted by atomic mass is 10.1. The number of halogens is 2. The first-order valence-electron chi connectivity index (χ1n) is 23.9. The van der Waals surface area contributed by atoms with Gasteiger partial charge in [0.05, 0.1) is 35.1 Å². The molecule has 0 bridgehead atoms. The summed E-state index contributed by atoms with van der Waals surface area (Å²) < 4.78 is 10.2. The van der Waals surface area contributed by atoms with Gasteiger partial charge in [-0.05, 0) is 209 Å². The Balaban J connectivity index is -0.000000187. The lowest BCUT2D eigenvalue weighted by molar-refractivity contribution is 0.107. The molecule has 2 atom stereocenters. The van der Waals surface area contributed by atoms with Gasteiger partial charge in [0.25, 0.3) is 0 Å². The van der Waals surface area contributed by atoms with Gasteiger partial charge in [0, 0.05) is 67.7 Å². The van der Waals surface area contributed by atoms with E-state index in [9.17, 15) is 0 Å². The molecule has 0 aliphatic heterocycles. The van der Waals surface area contributed by atoms with Gasteiger partial charge in [-0.2, -0.15) is 0 Å². The summed E-state index contributed by atoms with van der Waals surface area (Å²) in [6.45, 7) is 16.8. The average Bonchev–Trinajstić information content (AvgIpc) is 3.91. The highest BCUT2D eigenvalue weighted by Gasteiger charge is 2.06. The van der Waals surface area contributed by atoms with Crippen LogP contribution in [0, 0.1) is 27.7 Å². The number of nitrogens with zero attached hydrogens (tertiary/aromatic N) is 6. The molecule has 8 N–H and O–H groups in total. The zero-order chi connectivity index (χ0) is 51.0. The molecule has 4 heterocycles. The lowest BCUT2D eigenvalue weighted by Crippen LogP contribution is -2.15. The van der Waals surface area contributed by atoms with Gasteiger partial charge in [-0.15, -0.1) is 24.8 Å². The van der Waals surface area contributed by atoms with Crippen LogP contribution in [-0.4, -0.2) is 149 Å². The van der Waals surface area contributed by atoms with Gasteiger partial charge < -0.3 is 49.9 Å². The van der Waals surface area contributed by atoms with Crippen molar-refractivity contribution in [3.63, 3.8) is 0 Å². The van der Waals surface area contributed by atoms with Crippen LogP contribution >= 0.6 is 24.8 Å². The third kappa shape index (κ3) is 37.4. The van der Waals surface area contributed by atoms with Crippen molar-refractivity contribution in [1.82, 2.24) is 39.5 Å². The first kappa shape index (κ1) is 81.1. The highest BCUT2D eigenvalue weighted by atomic mass is 35.5. The van der Waals surface area contributed by atoms with Crippen molar-refractivity contribution in [2.45, 2.75) is 122 Å². The van der Waals surface area contributed by atoms with Gasteiger partial charge in [-0.3, -0.25) is 21.7 Å². The number of nitrogen functional groups attached to an aromatic ring is 2. The molecule has 428 valence electrons. The molecular formula is C58H110Cl2N12O2. The normalized spacial score (nSPS) is 10.7. The number of nitrogens with two attached hydrogens (primary N) is 2. The zero-order valence-corrected chi connectivity index (χ0v) is 47.4. The van der Waals surface area contributed by atoms with Crippen LogP contribution in [-0.2, 0) is 22.3 Å². The standard InChI is InChI=1S/C13H18N2.C12H17N3.2C8H19NO.C7H10N2.C6H9N3.4CH4.2ClH/c1-10-4-5-13-12(8-10)11(9-14-13)6-7-15(2)3;1-9-4-5-11-12(14-9)10(8-13-11)6-7-15(2)3;2*1-8(10-4)6-5-7-9(2)3;1-6-2-4-7(9-8)5-3-6;1-5-2-3-6(9-7)4-8-5;;;;;;/h4-5,8-9,14H,6-7H2,1-3H3;4-5,8,13H,6-7H2,1-3H3;2*8H,5-7H2,1-4H3;2-5,9H,8H2,1H3;2-4,9H,7H2,1H3;4*1H4;2*1H. The molecule has 0 saturated heterocycles. The maximum Gasteiger partial charge on any atom is 0.0914 e. The third-order valence-electron chi connectivity index (χ3n) is 10.9. The summed E-state index contributed by atoms with van der Waals surface area (Å²) in [6, 6.07) is 22.4. The molecule has 2 aromatic carbocycles. The van der Waals surface area contributed by atoms with E-state index in [-0.39, 0.29) is 54.5 Å². The maximum atomic E-state index is 5.15. The molecule has 16 heteroatoms. The van der Waals surface area contributed by atoms with Gasteiger partial charge in [0.2, 0.25) is 0 Å². The monoisotopic (exact) mass is 1080 g/mol. The van der Waals surface area contributed by atoms with E-state index in [1.165, 1.54) is 46.0 Å². The second-order valence-corrected chi connectivity index (χ2v) is 18.5. The van der Waals surface area contributed by atoms with Crippen LogP contribution in [0.2, 0.25) is 0 Å². The number of hydrazine groups is 2. The van der Waals surface area contributed by atoms with E-state index >= 15 is 0 Å².